The summed E-state index contributed by atoms with van der Waals surface area (Å²) >= 11 is 0. The van der Waals surface area contributed by atoms with Crippen molar-refractivity contribution < 1.29 is 18.9 Å². The monoisotopic (exact) mass is 398 g/mol. The van der Waals surface area contributed by atoms with Gasteiger partial charge in [-0.05, 0) is 61.3 Å². The number of ether oxygens (including phenoxy) is 4. The van der Waals surface area contributed by atoms with Crippen LogP contribution in [0.1, 0.15) is 30.0 Å². The summed E-state index contributed by atoms with van der Waals surface area (Å²) in [6, 6.07) is 12.9. The van der Waals surface area contributed by atoms with E-state index in [-0.39, 0.29) is 0 Å². The standard InChI is InChI=1S/C23H30N2O4/c1-26-19-7-5-18(6-8-19)20(25-9-3-4-10-25)16-24-15-17-13-21(27-2)23-22(14-17)28-11-12-29-23/h5-8,13-14,20,24H,3-4,9-12,15-16H2,1-2H3. The van der Waals surface area contributed by atoms with Crippen molar-refractivity contribution in [2.24, 2.45) is 0 Å². The number of hydrogen-bond donors (Lipinski definition) is 1. The zero-order valence-electron chi connectivity index (χ0n) is 17.3. The average Bonchev–Trinajstić information content (AvgIpc) is 3.31. The van der Waals surface area contributed by atoms with Crippen molar-refractivity contribution >= 4 is 0 Å². The minimum atomic E-state index is 0.350. The lowest BCUT2D eigenvalue weighted by molar-refractivity contribution is 0.165. The fourth-order valence-corrected chi connectivity index (χ4v) is 4.12. The zero-order valence-corrected chi connectivity index (χ0v) is 17.3. The number of likely N-dealkylation sites (tertiary alicyclic amines) is 1. The van der Waals surface area contributed by atoms with Gasteiger partial charge in [0.1, 0.15) is 19.0 Å². The van der Waals surface area contributed by atoms with Crippen LogP contribution < -0.4 is 24.3 Å². The highest BCUT2D eigenvalue weighted by molar-refractivity contribution is 5.54. The van der Waals surface area contributed by atoms with Gasteiger partial charge in [0.05, 0.1) is 14.2 Å². The first kappa shape index (κ1) is 19.9. The molecule has 156 valence electrons. The van der Waals surface area contributed by atoms with Crippen LogP contribution in [0.5, 0.6) is 23.0 Å². The number of nitrogens with zero attached hydrogens (tertiary/aromatic N) is 1. The van der Waals surface area contributed by atoms with Crippen LogP contribution in [0.25, 0.3) is 0 Å². The molecule has 29 heavy (non-hydrogen) atoms. The Kier molecular flexibility index (Phi) is 6.42. The van der Waals surface area contributed by atoms with Crippen molar-refractivity contribution in [3.63, 3.8) is 0 Å². The third-order valence-electron chi connectivity index (χ3n) is 5.64. The summed E-state index contributed by atoms with van der Waals surface area (Å²) in [7, 11) is 3.37. The molecule has 1 N–H and O–H groups in total. The summed E-state index contributed by atoms with van der Waals surface area (Å²) in [5.74, 6) is 3.09. The van der Waals surface area contributed by atoms with Crippen LogP contribution in [0.15, 0.2) is 36.4 Å². The Morgan fingerprint density at radius 1 is 1.00 bits per heavy atom. The lowest BCUT2D eigenvalue weighted by Crippen LogP contribution is -2.34. The van der Waals surface area contributed by atoms with E-state index in [4.69, 9.17) is 18.9 Å². The maximum atomic E-state index is 5.75. The quantitative estimate of drug-likeness (QED) is 0.736. The molecule has 2 heterocycles. The third-order valence-corrected chi connectivity index (χ3v) is 5.64. The summed E-state index contributed by atoms with van der Waals surface area (Å²) in [6.45, 7) is 5.05. The van der Waals surface area contributed by atoms with E-state index in [1.807, 2.05) is 24.3 Å². The molecule has 1 unspecified atom stereocenters. The molecule has 2 aliphatic heterocycles. The molecule has 1 atom stereocenters. The highest BCUT2D eigenvalue weighted by Crippen LogP contribution is 2.40. The van der Waals surface area contributed by atoms with Crippen molar-refractivity contribution in [3.8, 4) is 23.0 Å². The van der Waals surface area contributed by atoms with Crippen LogP contribution in [-0.2, 0) is 6.54 Å². The molecular weight excluding hydrogens is 368 g/mol. The molecule has 6 heteroatoms. The van der Waals surface area contributed by atoms with E-state index in [9.17, 15) is 0 Å². The second-order valence-electron chi connectivity index (χ2n) is 7.49. The van der Waals surface area contributed by atoms with E-state index in [0.29, 0.717) is 25.0 Å². The Balaban J connectivity index is 1.45. The van der Waals surface area contributed by atoms with Crippen molar-refractivity contribution in [2.75, 3.05) is 47.1 Å². The predicted molar refractivity (Wildman–Crippen MR) is 112 cm³/mol. The van der Waals surface area contributed by atoms with Gasteiger partial charge in [0.25, 0.3) is 0 Å². The maximum absolute atomic E-state index is 5.75. The van der Waals surface area contributed by atoms with Gasteiger partial charge in [-0.1, -0.05) is 12.1 Å². The van der Waals surface area contributed by atoms with Crippen LogP contribution in [0.4, 0.5) is 0 Å². The average molecular weight is 399 g/mol. The SMILES string of the molecule is COc1ccc(C(CNCc2cc(OC)c3c(c2)OCCO3)N2CCCC2)cc1. The van der Waals surface area contributed by atoms with E-state index in [0.717, 1.165) is 49.0 Å². The molecule has 6 nitrogen and oxygen atoms in total. The van der Waals surface area contributed by atoms with Crippen LogP contribution in [0.3, 0.4) is 0 Å². The van der Waals surface area contributed by atoms with Crippen molar-refractivity contribution in [1.82, 2.24) is 10.2 Å². The summed E-state index contributed by atoms with van der Waals surface area (Å²) < 4.78 is 22.3. The van der Waals surface area contributed by atoms with Gasteiger partial charge < -0.3 is 24.3 Å². The minimum absolute atomic E-state index is 0.350. The van der Waals surface area contributed by atoms with E-state index in [1.54, 1.807) is 14.2 Å². The normalized spacial score (nSPS) is 17.2. The van der Waals surface area contributed by atoms with Gasteiger partial charge in [-0.25, -0.2) is 0 Å². The fraction of sp³-hybridized carbons (Fsp3) is 0.478. The first-order valence-electron chi connectivity index (χ1n) is 10.3. The number of fused-ring (bicyclic) bond motifs is 1. The molecule has 2 aliphatic rings. The Bertz CT molecular complexity index is 786. The predicted octanol–water partition coefficient (Wildman–Crippen LogP) is 3.40. The van der Waals surface area contributed by atoms with Crippen molar-refractivity contribution in [1.29, 1.82) is 0 Å². The Morgan fingerprint density at radius 3 is 2.48 bits per heavy atom. The van der Waals surface area contributed by atoms with Gasteiger partial charge >= 0.3 is 0 Å². The second kappa shape index (κ2) is 9.37. The largest absolute Gasteiger partial charge is 0.497 e. The summed E-state index contributed by atoms with van der Waals surface area (Å²) in [6.07, 6.45) is 2.54. The molecule has 0 spiro atoms. The molecule has 0 amide bonds. The molecule has 0 bridgehead atoms. The smallest absolute Gasteiger partial charge is 0.203 e. The van der Waals surface area contributed by atoms with Gasteiger partial charge in [0, 0.05) is 19.1 Å². The molecule has 1 saturated heterocycles. The summed E-state index contributed by atoms with van der Waals surface area (Å²) in [5, 5.41) is 3.64. The Labute approximate surface area is 172 Å². The maximum Gasteiger partial charge on any atom is 0.203 e. The second-order valence-corrected chi connectivity index (χ2v) is 7.49. The van der Waals surface area contributed by atoms with E-state index in [1.165, 1.54) is 18.4 Å². The van der Waals surface area contributed by atoms with Crippen LogP contribution >= 0.6 is 0 Å². The molecule has 1 fully saturated rings. The minimum Gasteiger partial charge on any atom is -0.497 e. The van der Waals surface area contributed by atoms with Gasteiger partial charge in [-0.15, -0.1) is 0 Å². The first-order chi connectivity index (χ1) is 14.3. The Hall–Kier alpha value is -2.44. The van der Waals surface area contributed by atoms with Crippen LogP contribution in [-0.4, -0.2) is 52.0 Å². The zero-order chi connectivity index (χ0) is 20.1. The molecular formula is C23H30N2O4. The molecule has 2 aromatic carbocycles. The third kappa shape index (κ3) is 4.60. The summed E-state index contributed by atoms with van der Waals surface area (Å²) in [4.78, 5) is 2.57. The van der Waals surface area contributed by atoms with E-state index >= 15 is 0 Å². The van der Waals surface area contributed by atoms with Crippen LogP contribution in [0, 0.1) is 0 Å². The van der Waals surface area contributed by atoms with Gasteiger partial charge in [-0.3, -0.25) is 4.90 Å². The molecule has 0 radical (unpaired) electrons. The Morgan fingerprint density at radius 2 is 1.76 bits per heavy atom. The number of methoxy groups -OCH3 is 2. The van der Waals surface area contributed by atoms with Gasteiger partial charge in [-0.2, -0.15) is 0 Å². The van der Waals surface area contributed by atoms with Crippen molar-refractivity contribution in [2.45, 2.75) is 25.4 Å². The lowest BCUT2D eigenvalue weighted by Gasteiger charge is -2.28. The molecule has 4 rings (SSSR count). The topological polar surface area (TPSA) is 52.2 Å². The molecule has 0 saturated carbocycles. The number of benzene rings is 2. The van der Waals surface area contributed by atoms with Crippen molar-refractivity contribution in [3.05, 3.63) is 47.5 Å². The van der Waals surface area contributed by atoms with Gasteiger partial charge in [0.2, 0.25) is 5.75 Å². The van der Waals surface area contributed by atoms with E-state index < -0.39 is 0 Å². The summed E-state index contributed by atoms with van der Waals surface area (Å²) in [5.41, 5.74) is 2.45. The lowest BCUT2D eigenvalue weighted by atomic mass is 10.0. The number of hydrogen-bond acceptors (Lipinski definition) is 6. The van der Waals surface area contributed by atoms with Crippen LogP contribution in [0.2, 0.25) is 0 Å². The molecule has 2 aromatic rings. The molecule has 0 aliphatic carbocycles. The number of nitrogens with one attached hydrogen (secondary N) is 1. The van der Waals surface area contributed by atoms with E-state index in [2.05, 4.69) is 22.3 Å². The first-order valence-corrected chi connectivity index (χ1v) is 10.3. The fourth-order valence-electron chi connectivity index (χ4n) is 4.12. The highest BCUT2D eigenvalue weighted by atomic mass is 16.6. The number of rotatable bonds is 8. The highest BCUT2D eigenvalue weighted by Gasteiger charge is 2.24. The van der Waals surface area contributed by atoms with Gasteiger partial charge in [0.15, 0.2) is 11.5 Å². The molecule has 0 aromatic heterocycles.